The molecule has 12 heavy (non-hydrogen) atoms. The van der Waals surface area contributed by atoms with Gasteiger partial charge in [0, 0.05) is 12.0 Å². The number of anilines is 1. The van der Waals surface area contributed by atoms with E-state index in [4.69, 9.17) is 0 Å². The highest BCUT2D eigenvalue weighted by Gasteiger charge is 2.33. The fraction of sp³-hybridized carbons (Fsp3) is 0.400. The summed E-state index contributed by atoms with van der Waals surface area (Å²) in [5.74, 6) is 0. The summed E-state index contributed by atoms with van der Waals surface area (Å²) in [6, 6.07) is 8.46. The summed E-state index contributed by atoms with van der Waals surface area (Å²) < 4.78 is 2.02. The van der Waals surface area contributed by atoms with Crippen LogP contribution in [0.15, 0.2) is 24.3 Å². The van der Waals surface area contributed by atoms with Crippen LogP contribution in [0.4, 0.5) is 5.69 Å². The van der Waals surface area contributed by atoms with Gasteiger partial charge in [-0.15, -0.1) is 0 Å². The minimum Gasteiger partial charge on any atom is -0.318 e. The van der Waals surface area contributed by atoms with Crippen molar-refractivity contribution in [2.24, 2.45) is 0 Å². The zero-order chi connectivity index (χ0) is 8.77. The predicted octanol–water partition coefficient (Wildman–Crippen LogP) is 2.63. The third-order valence-corrected chi connectivity index (χ3v) is 2.81. The standard InChI is InChI=1S/C10H13NS/c1-10(2)7-11(12)9-6-4-3-5-8(9)10/h3-6,12H,7H2,1-2H3. The molecular formula is C10H13NS. The smallest absolute Gasteiger partial charge is 0.0505 e. The number of nitrogens with zero attached hydrogens (tertiary/aromatic N) is 1. The number of para-hydroxylation sites is 1. The van der Waals surface area contributed by atoms with E-state index in [1.165, 1.54) is 11.3 Å². The highest BCUT2D eigenvalue weighted by Crippen LogP contribution is 2.40. The minimum atomic E-state index is 0.248. The van der Waals surface area contributed by atoms with Gasteiger partial charge in [-0.2, -0.15) is 0 Å². The molecule has 0 saturated heterocycles. The zero-order valence-corrected chi connectivity index (χ0v) is 8.31. The van der Waals surface area contributed by atoms with Crippen LogP contribution in [-0.4, -0.2) is 6.54 Å². The molecule has 0 fully saturated rings. The molecule has 0 atom stereocenters. The maximum absolute atomic E-state index is 4.42. The maximum atomic E-state index is 4.42. The van der Waals surface area contributed by atoms with Crippen LogP contribution in [0.25, 0.3) is 0 Å². The molecule has 1 nitrogen and oxygen atoms in total. The SMILES string of the molecule is CC1(C)CN(S)c2ccccc21. The molecule has 0 radical (unpaired) electrons. The molecule has 0 saturated carbocycles. The first-order chi connectivity index (χ1) is 5.61. The number of hydrogen-bond donors (Lipinski definition) is 1. The Bertz CT molecular complexity index is 306. The van der Waals surface area contributed by atoms with Gasteiger partial charge in [0.1, 0.15) is 0 Å². The Hall–Kier alpha value is -0.630. The third kappa shape index (κ3) is 1.02. The first-order valence-electron chi connectivity index (χ1n) is 4.17. The normalized spacial score (nSPS) is 19.4. The van der Waals surface area contributed by atoms with E-state index in [0.29, 0.717) is 0 Å². The van der Waals surface area contributed by atoms with Crippen LogP contribution >= 0.6 is 12.8 Å². The molecule has 1 aromatic rings. The van der Waals surface area contributed by atoms with Crippen LogP contribution in [0.2, 0.25) is 0 Å². The first kappa shape index (κ1) is 7.99. The van der Waals surface area contributed by atoms with Crippen molar-refractivity contribution < 1.29 is 0 Å². The van der Waals surface area contributed by atoms with Gasteiger partial charge in [-0.1, -0.05) is 44.9 Å². The van der Waals surface area contributed by atoms with Gasteiger partial charge >= 0.3 is 0 Å². The van der Waals surface area contributed by atoms with E-state index in [1.54, 1.807) is 0 Å². The molecule has 2 heteroatoms. The fourth-order valence-corrected chi connectivity index (χ4v) is 2.34. The average Bonchev–Trinajstić information content (AvgIpc) is 2.25. The Balaban J connectivity index is 2.58. The molecular weight excluding hydrogens is 166 g/mol. The van der Waals surface area contributed by atoms with Crippen LogP contribution in [0.3, 0.4) is 0 Å². The van der Waals surface area contributed by atoms with Crippen molar-refractivity contribution in [2.75, 3.05) is 10.8 Å². The summed E-state index contributed by atoms with van der Waals surface area (Å²) in [6.07, 6.45) is 0. The molecule has 1 aliphatic rings. The molecule has 0 aromatic heterocycles. The summed E-state index contributed by atoms with van der Waals surface area (Å²) in [5, 5.41) is 0. The van der Waals surface area contributed by atoms with Crippen LogP contribution in [0.5, 0.6) is 0 Å². The van der Waals surface area contributed by atoms with Gasteiger partial charge in [0.25, 0.3) is 0 Å². The van der Waals surface area contributed by atoms with Gasteiger partial charge in [-0.3, -0.25) is 0 Å². The molecule has 1 heterocycles. The van der Waals surface area contributed by atoms with E-state index < -0.39 is 0 Å². The molecule has 0 amide bonds. The zero-order valence-electron chi connectivity index (χ0n) is 7.41. The summed E-state index contributed by atoms with van der Waals surface area (Å²) in [6.45, 7) is 5.50. The molecule has 2 rings (SSSR count). The van der Waals surface area contributed by atoms with E-state index >= 15 is 0 Å². The summed E-state index contributed by atoms with van der Waals surface area (Å²) in [7, 11) is 0. The second kappa shape index (κ2) is 2.43. The minimum absolute atomic E-state index is 0.248. The van der Waals surface area contributed by atoms with Crippen LogP contribution in [-0.2, 0) is 5.41 Å². The van der Waals surface area contributed by atoms with Crippen molar-refractivity contribution in [1.82, 2.24) is 0 Å². The van der Waals surface area contributed by atoms with Gasteiger partial charge in [0.15, 0.2) is 0 Å². The average molecular weight is 179 g/mol. The third-order valence-electron chi connectivity index (χ3n) is 2.46. The van der Waals surface area contributed by atoms with E-state index in [9.17, 15) is 0 Å². The number of benzene rings is 1. The van der Waals surface area contributed by atoms with E-state index in [2.05, 4.69) is 50.9 Å². The maximum Gasteiger partial charge on any atom is 0.0505 e. The lowest BCUT2D eigenvalue weighted by atomic mass is 9.87. The van der Waals surface area contributed by atoms with Crippen molar-refractivity contribution in [3.63, 3.8) is 0 Å². The molecule has 64 valence electrons. The molecule has 0 bridgehead atoms. The van der Waals surface area contributed by atoms with Gasteiger partial charge in [-0.05, 0) is 11.6 Å². The Labute approximate surface area is 78.9 Å². The van der Waals surface area contributed by atoms with Crippen molar-refractivity contribution >= 4 is 18.5 Å². The van der Waals surface area contributed by atoms with E-state index in [-0.39, 0.29) is 5.41 Å². The summed E-state index contributed by atoms with van der Waals surface area (Å²) in [5.41, 5.74) is 2.91. The predicted molar refractivity (Wildman–Crippen MR) is 55.8 cm³/mol. The lowest BCUT2D eigenvalue weighted by Gasteiger charge is -2.17. The number of thiol groups is 1. The number of hydrogen-bond acceptors (Lipinski definition) is 2. The largest absolute Gasteiger partial charge is 0.318 e. The Morgan fingerprint density at radius 1 is 1.33 bits per heavy atom. The summed E-state index contributed by atoms with van der Waals surface area (Å²) in [4.78, 5) is 0. The van der Waals surface area contributed by atoms with E-state index in [0.717, 1.165) is 6.54 Å². The molecule has 0 N–H and O–H groups in total. The molecule has 0 aliphatic carbocycles. The van der Waals surface area contributed by atoms with Crippen molar-refractivity contribution in [3.05, 3.63) is 29.8 Å². The van der Waals surface area contributed by atoms with E-state index in [1.807, 2.05) is 4.31 Å². The molecule has 0 spiro atoms. The van der Waals surface area contributed by atoms with Crippen molar-refractivity contribution in [3.8, 4) is 0 Å². The quantitative estimate of drug-likeness (QED) is 0.599. The van der Waals surface area contributed by atoms with Crippen LogP contribution < -0.4 is 4.31 Å². The van der Waals surface area contributed by atoms with Crippen molar-refractivity contribution in [2.45, 2.75) is 19.3 Å². The highest BCUT2D eigenvalue weighted by atomic mass is 32.1. The monoisotopic (exact) mass is 179 g/mol. The van der Waals surface area contributed by atoms with Crippen molar-refractivity contribution in [1.29, 1.82) is 0 Å². The van der Waals surface area contributed by atoms with Gasteiger partial charge in [0.05, 0.1) is 5.69 Å². The second-order valence-corrected chi connectivity index (χ2v) is 4.44. The molecule has 1 aliphatic heterocycles. The lowest BCUT2D eigenvalue weighted by Crippen LogP contribution is -2.22. The lowest BCUT2D eigenvalue weighted by molar-refractivity contribution is 0.577. The van der Waals surface area contributed by atoms with Gasteiger partial charge < -0.3 is 4.31 Å². The fourth-order valence-electron chi connectivity index (χ4n) is 1.82. The number of rotatable bonds is 0. The van der Waals surface area contributed by atoms with Gasteiger partial charge in [-0.25, -0.2) is 0 Å². The Kier molecular flexibility index (Phi) is 1.62. The Morgan fingerprint density at radius 2 is 2.00 bits per heavy atom. The van der Waals surface area contributed by atoms with Crippen LogP contribution in [0.1, 0.15) is 19.4 Å². The number of fused-ring (bicyclic) bond motifs is 1. The molecule has 0 unspecified atom stereocenters. The Morgan fingerprint density at radius 3 is 2.67 bits per heavy atom. The van der Waals surface area contributed by atoms with Gasteiger partial charge in [0.2, 0.25) is 0 Å². The second-order valence-electron chi connectivity index (χ2n) is 3.96. The molecule has 1 aromatic carbocycles. The first-order valence-corrected chi connectivity index (χ1v) is 4.57. The van der Waals surface area contributed by atoms with Crippen LogP contribution in [0, 0.1) is 0 Å². The highest BCUT2D eigenvalue weighted by molar-refractivity contribution is 7.81. The topological polar surface area (TPSA) is 3.24 Å². The summed E-state index contributed by atoms with van der Waals surface area (Å²) >= 11 is 4.42.